The molecule has 1 aliphatic rings. The smallest absolute Gasteiger partial charge is 0.0912 e. The third-order valence-corrected chi connectivity index (χ3v) is 2.92. The first-order valence-corrected chi connectivity index (χ1v) is 5.41. The summed E-state index contributed by atoms with van der Waals surface area (Å²) in [5.74, 6) is 5.81. The molecule has 14 heavy (non-hydrogen) atoms. The van der Waals surface area contributed by atoms with Crippen LogP contribution < -0.4 is 0 Å². The molecule has 0 radical (unpaired) electrons. The van der Waals surface area contributed by atoms with Gasteiger partial charge in [0.25, 0.3) is 0 Å². The molecule has 1 N–H and O–H groups in total. The Morgan fingerprint density at radius 3 is 2.86 bits per heavy atom. The average molecular weight is 196 g/mol. The van der Waals surface area contributed by atoms with Crippen molar-refractivity contribution >= 4 is 0 Å². The second-order valence-corrected chi connectivity index (χ2v) is 4.10. The Balaban J connectivity index is 2.39. The lowest BCUT2D eigenvalue weighted by Gasteiger charge is -2.37. The van der Waals surface area contributed by atoms with Crippen LogP contribution in [-0.2, 0) is 4.74 Å². The number of rotatable bonds is 3. The van der Waals surface area contributed by atoms with Gasteiger partial charge in [0.05, 0.1) is 11.7 Å². The van der Waals surface area contributed by atoms with E-state index >= 15 is 0 Å². The molecule has 2 nitrogen and oxygen atoms in total. The van der Waals surface area contributed by atoms with Crippen molar-refractivity contribution in [1.82, 2.24) is 0 Å². The van der Waals surface area contributed by atoms with Crippen LogP contribution in [0.3, 0.4) is 0 Å². The summed E-state index contributed by atoms with van der Waals surface area (Å²) in [4.78, 5) is 0. The molecule has 0 aromatic heterocycles. The van der Waals surface area contributed by atoms with E-state index in [9.17, 15) is 5.11 Å². The van der Waals surface area contributed by atoms with E-state index in [-0.39, 0.29) is 11.7 Å². The number of aliphatic hydroxyl groups excluding tert-OH is 1. The third kappa shape index (κ3) is 3.01. The molecule has 1 aliphatic heterocycles. The highest BCUT2D eigenvalue weighted by Crippen LogP contribution is 2.29. The fourth-order valence-electron chi connectivity index (χ4n) is 1.86. The Hall–Kier alpha value is -0.520. The first-order chi connectivity index (χ1) is 6.69. The molecular formula is C12H20O2. The van der Waals surface area contributed by atoms with Crippen LogP contribution in [0, 0.1) is 11.8 Å². The summed E-state index contributed by atoms with van der Waals surface area (Å²) >= 11 is 0. The molecule has 1 fully saturated rings. The molecule has 0 amide bonds. The van der Waals surface area contributed by atoms with Gasteiger partial charge >= 0.3 is 0 Å². The van der Waals surface area contributed by atoms with E-state index in [1.807, 2.05) is 13.8 Å². The fraction of sp³-hybridized carbons (Fsp3) is 0.833. The molecule has 2 unspecified atom stereocenters. The lowest BCUT2D eigenvalue weighted by atomic mass is 9.88. The van der Waals surface area contributed by atoms with Crippen LogP contribution in [-0.4, -0.2) is 23.4 Å². The summed E-state index contributed by atoms with van der Waals surface area (Å²) in [6.45, 7) is 4.62. The van der Waals surface area contributed by atoms with Crippen LogP contribution in [0.2, 0.25) is 0 Å². The zero-order chi connectivity index (χ0) is 10.4. The van der Waals surface area contributed by atoms with Crippen LogP contribution in [0.15, 0.2) is 0 Å². The van der Waals surface area contributed by atoms with Crippen LogP contribution >= 0.6 is 0 Å². The lowest BCUT2D eigenvalue weighted by molar-refractivity contribution is -0.137. The molecule has 80 valence electrons. The van der Waals surface area contributed by atoms with E-state index in [2.05, 4.69) is 11.8 Å². The molecule has 0 aromatic rings. The highest BCUT2D eigenvalue weighted by atomic mass is 16.5. The molecule has 2 atom stereocenters. The Morgan fingerprint density at radius 2 is 2.29 bits per heavy atom. The van der Waals surface area contributed by atoms with Crippen LogP contribution in [0.1, 0.15) is 46.0 Å². The normalized spacial score (nSPS) is 29.1. The Kier molecular flexibility index (Phi) is 4.44. The maximum Gasteiger partial charge on any atom is 0.0912 e. The summed E-state index contributed by atoms with van der Waals surface area (Å²) in [6.07, 6.45) is 4.36. The van der Waals surface area contributed by atoms with Crippen molar-refractivity contribution in [2.45, 2.75) is 57.7 Å². The van der Waals surface area contributed by atoms with Crippen molar-refractivity contribution < 1.29 is 9.84 Å². The maximum atomic E-state index is 9.97. The van der Waals surface area contributed by atoms with Gasteiger partial charge in [-0.15, -0.1) is 11.8 Å². The molecule has 0 saturated carbocycles. The minimum Gasteiger partial charge on any atom is -0.390 e. The van der Waals surface area contributed by atoms with Crippen LogP contribution in [0.5, 0.6) is 0 Å². The molecular weight excluding hydrogens is 176 g/mol. The minimum atomic E-state index is -0.372. The van der Waals surface area contributed by atoms with Gasteiger partial charge in [-0.2, -0.15) is 0 Å². The topological polar surface area (TPSA) is 29.5 Å². The fourth-order valence-corrected chi connectivity index (χ4v) is 1.86. The molecule has 2 heteroatoms. The first-order valence-electron chi connectivity index (χ1n) is 5.41. The predicted octanol–water partition coefficient (Wildman–Crippen LogP) is 2.11. The van der Waals surface area contributed by atoms with E-state index in [1.54, 1.807) is 0 Å². The van der Waals surface area contributed by atoms with Gasteiger partial charge in [0.1, 0.15) is 0 Å². The summed E-state index contributed by atoms with van der Waals surface area (Å²) < 4.78 is 5.66. The number of hydrogen-bond donors (Lipinski definition) is 1. The molecule has 1 heterocycles. The van der Waals surface area contributed by atoms with Gasteiger partial charge in [-0.25, -0.2) is 0 Å². The molecule has 0 spiro atoms. The highest BCUT2D eigenvalue weighted by molar-refractivity contribution is 4.97. The van der Waals surface area contributed by atoms with E-state index < -0.39 is 0 Å². The second-order valence-electron chi connectivity index (χ2n) is 4.10. The molecule has 0 bridgehead atoms. The largest absolute Gasteiger partial charge is 0.390 e. The quantitative estimate of drug-likeness (QED) is 0.700. The van der Waals surface area contributed by atoms with Crippen molar-refractivity contribution in [3.05, 3.63) is 0 Å². The summed E-state index contributed by atoms with van der Waals surface area (Å²) in [5.41, 5.74) is -0.326. The van der Waals surface area contributed by atoms with Crippen molar-refractivity contribution in [1.29, 1.82) is 0 Å². The van der Waals surface area contributed by atoms with Crippen molar-refractivity contribution in [2.75, 3.05) is 6.61 Å². The van der Waals surface area contributed by atoms with Crippen molar-refractivity contribution in [2.24, 2.45) is 0 Å². The van der Waals surface area contributed by atoms with E-state index in [0.29, 0.717) is 0 Å². The van der Waals surface area contributed by atoms with Gasteiger partial charge in [-0.1, -0.05) is 0 Å². The summed E-state index contributed by atoms with van der Waals surface area (Å²) in [7, 11) is 0. The molecule has 0 aliphatic carbocycles. The first kappa shape index (κ1) is 11.6. The number of ether oxygens (including phenoxy) is 1. The molecule has 0 aromatic carbocycles. The van der Waals surface area contributed by atoms with Crippen LogP contribution in [0.25, 0.3) is 0 Å². The van der Waals surface area contributed by atoms with Gasteiger partial charge in [-0.05, 0) is 39.5 Å². The zero-order valence-electron chi connectivity index (χ0n) is 9.18. The van der Waals surface area contributed by atoms with E-state index in [0.717, 1.165) is 38.7 Å². The number of aliphatic hydroxyl groups is 1. The number of hydrogen-bond acceptors (Lipinski definition) is 2. The Morgan fingerprint density at radius 1 is 1.50 bits per heavy atom. The van der Waals surface area contributed by atoms with Crippen molar-refractivity contribution in [3.63, 3.8) is 0 Å². The van der Waals surface area contributed by atoms with Gasteiger partial charge < -0.3 is 9.84 Å². The highest BCUT2D eigenvalue weighted by Gasteiger charge is 2.34. The summed E-state index contributed by atoms with van der Waals surface area (Å²) in [6, 6.07) is 0. The SMILES string of the molecule is CC#CCCC(O)C1(C)CCCCO1. The summed E-state index contributed by atoms with van der Waals surface area (Å²) in [5, 5.41) is 9.97. The Bertz CT molecular complexity index is 218. The van der Waals surface area contributed by atoms with Crippen LogP contribution in [0.4, 0.5) is 0 Å². The van der Waals surface area contributed by atoms with Gasteiger partial charge in [0.2, 0.25) is 0 Å². The van der Waals surface area contributed by atoms with E-state index in [1.165, 1.54) is 0 Å². The molecule has 1 rings (SSSR count). The Labute approximate surface area is 86.7 Å². The standard InChI is InChI=1S/C12H20O2/c1-3-4-5-8-11(13)12(2)9-6-7-10-14-12/h11,13H,5-10H2,1-2H3. The van der Waals surface area contributed by atoms with Crippen molar-refractivity contribution in [3.8, 4) is 11.8 Å². The minimum absolute atomic E-state index is 0.326. The lowest BCUT2D eigenvalue weighted by Crippen LogP contribution is -2.44. The monoisotopic (exact) mass is 196 g/mol. The van der Waals surface area contributed by atoms with Gasteiger partial charge in [0, 0.05) is 13.0 Å². The second kappa shape index (κ2) is 5.38. The predicted molar refractivity (Wildman–Crippen MR) is 56.9 cm³/mol. The average Bonchev–Trinajstić information content (AvgIpc) is 2.19. The third-order valence-electron chi connectivity index (χ3n) is 2.92. The zero-order valence-corrected chi connectivity index (χ0v) is 9.18. The van der Waals surface area contributed by atoms with Gasteiger partial charge in [-0.3, -0.25) is 0 Å². The van der Waals surface area contributed by atoms with Gasteiger partial charge in [0.15, 0.2) is 0 Å². The maximum absolute atomic E-state index is 9.97. The molecule has 1 saturated heterocycles. The van der Waals surface area contributed by atoms with E-state index in [4.69, 9.17) is 4.74 Å².